The van der Waals surface area contributed by atoms with Crippen molar-refractivity contribution in [2.75, 3.05) is 6.26 Å². The first-order chi connectivity index (χ1) is 9.65. The summed E-state index contributed by atoms with van der Waals surface area (Å²) in [4.78, 5) is 14.0. The smallest absolute Gasteiger partial charge is 0.265 e. The lowest BCUT2D eigenvalue weighted by Crippen LogP contribution is -2.26. The highest BCUT2D eigenvalue weighted by molar-refractivity contribution is 7.98. The molecule has 6 heteroatoms. The van der Waals surface area contributed by atoms with E-state index >= 15 is 0 Å². The van der Waals surface area contributed by atoms with Crippen molar-refractivity contribution in [3.05, 3.63) is 40.4 Å². The molecule has 4 nitrogen and oxygen atoms in total. The van der Waals surface area contributed by atoms with E-state index < -0.39 is 0 Å². The standard InChI is InChI=1S/C14H17N3OS2/c1-4-12-13(20-17-16-12)14(18)15-9(2)10-5-7-11(19-3)8-6-10/h5-9H,4H2,1-3H3,(H,15,18)/t9-/m0/s1. The third-order valence-electron chi connectivity index (χ3n) is 3.06. The Balaban J connectivity index is 2.06. The highest BCUT2D eigenvalue weighted by Gasteiger charge is 2.17. The third kappa shape index (κ3) is 3.37. The van der Waals surface area contributed by atoms with Crippen LogP contribution < -0.4 is 5.32 Å². The van der Waals surface area contributed by atoms with Crippen LogP contribution in [0.3, 0.4) is 0 Å². The van der Waals surface area contributed by atoms with E-state index in [1.165, 1.54) is 4.90 Å². The van der Waals surface area contributed by atoms with Crippen molar-refractivity contribution in [2.45, 2.75) is 31.2 Å². The van der Waals surface area contributed by atoms with Crippen LogP contribution in [0.1, 0.15) is 40.8 Å². The fourth-order valence-corrected chi connectivity index (χ4v) is 2.91. The Labute approximate surface area is 127 Å². The van der Waals surface area contributed by atoms with Gasteiger partial charge < -0.3 is 5.32 Å². The van der Waals surface area contributed by atoms with Crippen LogP contribution >= 0.6 is 23.3 Å². The molecule has 0 radical (unpaired) electrons. The van der Waals surface area contributed by atoms with Gasteiger partial charge >= 0.3 is 0 Å². The molecule has 0 saturated heterocycles. The minimum atomic E-state index is -0.0988. The van der Waals surface area contributed by atoms with Gasteiger partial charge in [-0.15, -0.1) is 16.9 Å². The molecule has 1 aromatic heterocycles. The van der Waals surface area contributed by atoms with Gasteiger partial charge in [0.1, 0.15) is 4.88 Å². The Morgan fingerprint density at radius 1 is 1.40 bits per heavy atom. The van der Waals surface area contributed by atoms with E-state index in [1.54, 1.807) is 11.8 Å². The number of aryl methyl sites for hydroxylation is 1. The summed E-state index contributed by atoms with van der Waals surface area (Å²) in [5.41, 5.74) is 1.85. The van der Waals surface area contributed by atoms with Gasteiger partial charge in [-0.1, -0.05) is 23.5 Å². The van der Waals surface area contributed by atoms with Crippen LogP contribution in [-0.2, 0) is 6.42 Å². The van der Waals surface area contributed by atoms with Gasteiger partial charge in [0.2, 0.25) is 0 Å². The Kier molecular flexibility index (Phi) is 5.14. The van der Waals surface area contributed by atoms with Gasteiger partial charge in [-0.3, -0.25) is 4.79 Å². The maximum Gasteiger partial charge on any atom is 0.265 e. The van der Waals surface area contributed by atoms with Gasteiger partial charge in [0.05, 0.1) is 11.7 Å². The van der Waals surface area contributed by atoms with E-state index in [2.05, 4.69) is 27.0 Å². The molecule has 2 rings (SSSR count). The Bertz CT molecular complexity index is 580. The second-order valence-electron chi connectivity index (χ2n) is 4.37. The number of carbonyl (C=O) groups is 1. The van der Waals surface area contributed by atoms with Crippen molar-refractivity contribution >= 4 is 29.2 Å². The van der Waals surface area contributed by atoms with Crippen LogP contribution in [0, 0.1) is 0 Å². The van der Waals surface area contributed by atoms with Crippen molar-refractivity contribution in [1.29, 1.82) is 0 Å². The fourth-order valence-electron chi connectivity index (χ4n) is 1.85. The second kappa shape index (κ2) is 6.85. The van der Waals surface area contributed by atoms with Crippen molar-refractivity contribution in [3.63, 3.8) is 0 Å². The van der Waals surface area contributed by atoms with Crippen molar-refractivity contribution in [1.82, 2.24) is 14.9 Å². The Morgan fingerprint density at radius 3 is 2.70 bits per heavy atom. The molecule has 1 amide bonds. The first-order valence-corrected chi connectivity index (χ1v) is 8.41. The molecule has 0 saturated carbocycles. The zero-order valence-corrected chi connectivity index (χ0v) is 13.3. The fraction of sp³-hybridized carbons (Fsp3) is 0.357. The molecule has 0 spiro atoms. The Hall–Kier alpha value is -1.40. The summed E-state index contributed by atoms with van der Waals surface area (Å²) in [6, 6.07) is 8.18. The maximum absolute atomic E-state index is 12.2. The number of carbonyl (C=O) groups excluding carboxylic acids is 1. The summed E-state index contributed by atoms with van der Waals surface area (Å²) in [7, 11) is 0. The monoisotopic (exact) mass is 307 g/mol. The molecule has 1 N–H and O–H groups in total. The predicted molar refractivity (Wildman–Crippen MR) is 83.4 cm³/mol. The van der Waals surface area contributed by atoms with Gasteiger partial charge in [-0.05, 0) is 48.8 Å². The number of aromatic nitrogens is 2. The largest absolute Gasteiger partial charge is 0.345 e. The van der Waals surface area contributed by atoms with Crippen molar-refractivity contribution in [3.8, 4) is 0 Å². The molecule has 1 atom stereocenters. The van der Waals surface area contributed by atoms with Gasteiger partial charge in [-0.2, -0.15) is 0 Å². The van der Waals surface area contributed by atoms with E-state index in [0.717, 1.165) is 29.2 Å². The molecule has 0 aliphatic heterocycles. The predicted octanol–water partition coefficient (Wildman–Crippen LogP) is 3.31. The van der Waals surface area contributed by atoms with E-state index in [1.807, 2.05) is 32.2 Å². The molecule has 2 aromatic rings. The van der Waals surface area contributed by atoms with Crippen LogP contribution in [0.15, 0.2) is 29.2 Å². The molecule has 0 aliphatic carbocycles. The molecule has 1 aromatic carbocycles. The third-order valence-corrected chi connectivity index (χ3v) is 4.57. The quantitative estimate of drug-likeness (QED) is 0.861. The van der Waals surface area contributed by atoms with E-state index in [-0.39, 0.29) is 11.9 Å². The van der Waals surface area contributed by atoms with E-state index in [9.17, 15) is 4.79 Å². The summed E-state index contributed by atoms with van der Waals surface area (Å²) >= 11 is 2.85. The molecule has 0 fully saturated rings. The minimum absolute atomic E-state index is 0.0368. The number of hydrogen-bond donors (Lipinski definition) is 1. The maximum atomic E-state index is 12.2. The lowest BCUT2D eigenvalue weighted by atomic mass is 10.1. The molecule has 20 heavy (non-hydrogen) atoms. The summed E-state index contributed by atoms with van der Waals surface area (Å²) in [6.45, 7) is 3.95. The topological polar surface area (TPSA) is 54.9 Å². The summed E-state index contributed by atoms with van der Waals surface area (Å²) in [5.74, 6) is -0.0988. The molecule has 0 aliphatic rings. The molecular weight excluding hydrogens is 290 g/mol. The van der Waals surface area contributed by atoms with Crippen LogP contribution in [0.25, 0.3) is 0 Å². The average Bonchev–Trinajstić information content (AvgIpc) is 2.95. The first kappa shape index (κ1) is 15.0. The van der Waals surface area contributed by atoms with Crippen molar-refractivity contribution < 1.29 is 4.79 Å². The Morgan fingerprint density at radius 2 is 2.10 bits per heavy atom. The van der Waals surface area contributed by atoms with E-state index in [0.29, 0.717) is 4.88 Å². The first-order valence-electron chi connectivity index (χ1n) is 6.41. The van der Waals surface area contributed by atoms with Crippen LogP contribution in [0.4, 0.5) is 0 Å². The van der Waals surface area contributed by atoms with Gasteiger partial charge in [0, 0.05) is 4.90 Å². The van der Waals surface area contributed by atoms with Gasteiger partial charge in [-0.25, -0.2) is 0 Å². The number of amides is 1. The lowest BCUT2D eigenvalue weighted by Gasteiger charge is -2.14. The zero-order valence-electron chi connectivity index (χ0n) is 11.7. The second-order valence-corrected chi connectivity index (χ2v) is 6.00. The average molecular weight is 307 g/mol. The number of thioether (sulfide) groups is 1. The summed E-state index contributed by atoms with van der Waals surface area (Å²) in [5, 5.41) is 6.96. The van der Waals surface area contributed by atoms with E-state index in [4.69, 9.17) is 0 Å². The highest BCUT2D eigenvalue weighted by Crippen LogP contribution is 2.20. The minimum Gasteiger partial charge on any atom is -0.345 e. The lowest BCUT2D eigenvalue weighted by molar-refractivity contribution is 0.0943. The van der Waals surface area contributed by atoms with Crippen LogP contribution in [-0.4, -0.2) is 21.7 Å². The molecule has 1 heterocycles. The summed E-state index contributed by atoms with van der Waals surface area (Å²) < 4.78 is 3.84. The molecule has 106 valence electrons. The van der Waals surface area contributed by atoms with Crippen molar-refractivity contribution in [2.24, 2.45) is 0 Å². The van der Waals surface area contributed by atoms with Crippen LogP contribution in [0.2, 0.25) is 0 Å². The number of hydrogen-bond acceptors (Lipinski definition) is 5. The number of rotatable bonds is 5. The van der Waals surface area contributed by atoms with Crippen LogP contribution in [0.5, 0.6) is 0 Å². The number of nitrogens with zero attached hydrogens (tertiary/aromatic N) is 2. The molecular formula is C14H17N3OS2. The number of nitrogens with one attached hydrogen (secondary N) is 1. The molecule has 0 unspecified atom stereocenters. The SMILES string of the molecule is CCc1nnsc1C(=O)N[C@@H](C)c1ccc(SC)cc1. The normalized spacial score (nSPS) is 12.2. The summed E-state index contributed by atoms with van der Waals surface area (Å²) in [6.07, 6.45) is 2.76. The highest BCUT2D eigenvalue weighted by atomic mass is 32.2. The molecule has 0 bridgehead atoms. The number of benzene rings is 1. The van der Waals surface area contributed by atoms with Gasteiger partial charge in [0.25, 0.3) is 5.91 Å². The van der Waals surface area contributed by atoms with Gasteiger partial charge in [0.15, 0.2) is 0 Å². The zero-order chi connectivity index (χ0) is 14.5.